The summed E-state index contributed by atoms with van der Waals surface area (Å²) in [5, 5.41) is 20.3. The van der Waals surface area contributed by atoms with E-state index in [-0.39, 0.29) is 74.0 Å². The van der Waals surface area contributed by atoms with E-state index in [9.17, 15) is 27.5 Å². The second kappa shape index (κ2) is 19.8. The third-order valence-electron chi connectivity index (χ3n) is 7.51. The number of aliphatic hydroxyl groups is 1. The van der Waals surface area contributed by atoms with E-state index >= 15 is 0 Å². The Hall–Kier alpha value is -3.26. The van der Waals surface area contributed by atoms with Crippen LogP contribution in [0.4, 0.5) is 10.1 Å². The number of benzene rings is 3. The highest BCUT2D eigenvalue weighted by Gasteiger charge is 2.36. The summed E-state index contributed by atoms with van der Waals surface area (Å²) < 4.78 is 42.1. The van der Waals surface area contributed by atoms with Crippen LogP contribution in [0, 0.1) is 17.2 Å². The number of hydrogen-bond donors (Lipinski definition) is 5. The van der Waals surface area contributed by atoms with Crippen LogP contribution in [-0.4, -0.2) is 67.5 Å². The van der Waals surface area contributed by atoms with Crippen molar-refractivity contribution in [1.29, 1.82) is 0 Å². The summed E-state index contributed by atoms with van der Waals surface area (Å²) >= 11 is 0. The predicted molar refractivity (Wildman–Crippen MR) is 197 cm³/mol. The van der Waals surface area contributed by atoms with E-state index in [1.807, 2.05) is 65.0 Å². The van der Waals surface area contributed by atoms with Gasteiger partial charge in [0.1, 0.15) is 11.9 Å². The summed E-state index contributed by atoms with van der Waals surface area (Å²) in [6.45, 7) is 9.19. The van der Waals surface area contributed by atoms with E-state index in [1.165, 1.54) is 40.7 Å². The van der Waals surface area contributed by atoms with Crippen LogP contribution in [0.5, 0.6) is 0 Å². The van der Waals surface area contributed by atoms with Gasteiger partial charge < -0.3 is 26.8 Å². The molecule has 14 heteroatoms. The zero-order valence-corrected chi connectivity index (χ0v) is 31.0. The van der Waals surface area contributed by atoms with Gasteiger partial charge in [-0.3, -0.25) is 9.59 Å². The van der Waals surface area contributed by atoms with Crippen LogP contribution >= 0.6 is 24.8 Å². The Kier molecular flexibility index (Phi) is 17.7. The van der Waals surface area contributed by atoms with Crippen LogP contribution in [0.1, 0.15) is 45.7 Å². The molecule has 0 aliphatic rings. The topological polar surface area (TPSA) is 154 Å². The van der Waals surface area contributed by atoms with Gasteiger partial charge in [0.15, 0.2) is 0 Å². The number of sulfonamides is 1. The monoisotopic (exact) mass is 741 g/mol. The molecule has 2 amide bonds. The van der Waals surface area contributed by atoms with Crippen molar-refractivity contribution in [2.24, 2.45) is 11.3 Å². The molecule has 3 aromatic rings. The number of nitrogens with zero attached hydrogens (tertiary/aromatic N) is 1. The lowest BCUT2D eigenvalue weighted by Crippen LogP contribution is -2.59. The lowest BCUT2D eigenvalue weighted by molar-refractivity contribution is -0.132. The molecule has 6 N–H and O–H groups in total. The summed E-state index contributed by atoms with van der Waals surface area (Å²) in [4.78, 5) is 26.8. The molecule has 3 rings (SSSR count). The predicted octanol–water partition coefficient (Wildman–Crippen LogP) is 4.31. The van der Waals surface area contributed by atoms with Crippen LogP contribution in [0.3, 0.4) is 0 Å². The van der Waals surface area contributed by atoms with Crippen LogP contribution in [0.15, 0.2) is 83.8 Å². The quantitative estimate of drug-likeness (QED) is 0.137. The molecule has 0 unspecified atom stereocenters. The lowest BCUT2D eigenvalue weighted by Gasteiger charge is -2.34. The van der Waals surface area contributed by atoms with Crippen molar-refractivity contribution >= 4 is 52.3 Å². The Morgan fingerprint density at radius 3 is 2.08 bits per heavy atom. The van der Waals surface area contributed by atoms with E-state index in [0.29, 0.717) is 11.3 Å². The van der Waals surface area contributed by atoms with Gasteiger partial charge in [-0.05, 0) is 65.3 Å². The number of rotatable bonds is 16. The number of amides is 2. The molecule has 49 heavy (non-hydrogen) atoms. The Morgan fingerprint density at radius 1 is 0.898 bits per heavy atom. The molecule has 3 atom stereocenters. The van der Waals surface area contributed by atoms with Gasteiger partial charge in [0, 0.05) is 25.3 Å². The number of halogens is 3. The summed E-state index contributed by atoms with van der Waals surface area (Å²) in [5.41, 5.74) is 6.98. The van der Waals surface area contributed by atoms with Crippen molar-refractivity contribution in [3.8, 4) is 0 Å². The van der Waals surface area contributed by atoms with Crippen LogP contribution in [0.25, 0.3) is 0 Å². The van der Waals surface area contributed by atoms with E-state index in [4.69, 9.17) is 5.73 Å². The van der Waals surface area contributed by atoms with Crippen LogP contribution in [-0.2, 0) is 32.6 Å². The fourth-order valence-corrected chi connectivity index (χ4v) is 6.70. The summed E-state index contributed by atoms with van der Waals surface area (Å²) in [7, 11) is -4.01. The summed E-state index contributed by atoms with van der Waals surface area (Å²) in [5.74, 6) is -1.38. The first kappa shape index (κ1) is 43.8. The third-order valence-corrected chi connectivity index (χ3v) is 9.35. The Balaban J connectivity index is 0.00000600. The number of nitrogens with two attached hydrogens (primary N) is 1. The maximum absolute atomic E-state index is 13.8. The smallest absolute Gasteiger partial charge is 0.243 e. The number of carbonyl (C=O) groups is 2. The van der Waals surface area contributed by atoms with Gasteiger partial charge in [-0.2, -0.15) is 4.31 Å². The molecule has 0 bridgehead atoms. The molecule has 0 saturated carbocycles. The van der Waals surface area contributed by atoms with Crippen molar-refractivity contribution in [2.45, 2.75) is 70.7 Å². The second-order valence-electron chi connectivity index (χ2n) is 13.3. The number of nitrogens with one attached hydrogen (secondary N) is 3. The average Bonchev–Trinajstić information content (AvgIpc) is 2.99. The molecule has 0 fully saturated rings. The third kappa shape index (κ3) is 13.9. The SMILES string of the molecule is CC(C)CN(C[C@@H](O)[C@H](Cc1ccccc1)NC(=O)[C@@H](NC(=O)CNCc1cccc(F)c1)C(C)(C)C)S(=O)(=O)c1ccc(N)cc1.Cl.Cl. The molecule has 0 spiro atoms. The van der Waals surface area contributed by atoms with Crippen molar-refractivity contribution in [3.05, 3.63) is 95.8 Å². The van der Waals surface area contributed by atoms with Crippen molar-refractivity contribution in [3.63, 3.8) is 0 Å². The highest BCUT2D eigenvalue weighted by Crippen LogP contribution is 2.22. The molecule has 0 aromatic heterocycles. The first-order valence-electron chi connectivity index (χ1n) is 15.7. The normalized spacial score (nSPS) is 13.5. The van der Waals surface area contributed by atoms with Gasteiger partial charge in [0.05, 0.1) is 23.6 Å². The largest absolute Gasteiger partial charge is 0.399 e. The Morgan fingerprint density at radius 2 is 1.51 bits per heavy atom. The van der Waals surface area contributed by atoms with Gasteiger partial charge in [0.2, 0.25) is 21.8 Å². The fraction of sp³-hybridized carbons (Fsp3) is 0.429. The van der Waals surface area contributed by atoms with E-state index in [1.54, 1.807) is 12.1 Å². The highest BCUT2D eigenvalue weighted by atomic mass is 35.5. The maximum atomic E-state index is 13.8. The Bertz CT molecular complexity index is 1580. The van der Waals surface area contributed by atoms with Gasteiger partial charge in [-0.25, -0.2) is 12.8 Å². The minimum atomic E-state index is -4.01. The van der Waals surface area contributed by atoms with Crippen molar-refractivity contribution in [1.82, 2.24) is 20.3 Å². The van der Waals surface area contributed by atoms with Gasteiger partial charge in [0.25, 0.3) is 0 Å². The van der Waals surface area contributed by atoms with E-state index < -0.39 is 45.4 Å². The highest BCUT2D eigenvalue weighted by molar-refractivity contribution is 7.89. The number of anilines is 1. The lowest BCUT2D eigenvalue weighted by atomic mass is 9.85. The number of carbonyl (C=O) groups excluding carboxylic acids is 2. The number of hydrogen-bond acceptors (Lipinski definition) is 7. The second-order valence-corrected chi connectivity index (χ2v) is 15.2. The van der Waals surface area contributed by atoms with Gasteiger partial charge >= 0.3 is 0 Å². The maximum Gasteiger partial charge on any atom is 0.243 e. The van der Waals surface area contributed by atoms with Gasteiger partial charge in [-0.15, -0.1) is 24.8 Å². The van der Waals surface area contributed by atoms with Crippen LogP contribution < -0.4 is 21.7 Å². The zero-order valence-electron chi connectivity index (χ0n) is 28.6. The summed E-state index contributed by atoms with van der Waals surface area (Å²) in [6, 6.07) is 19.3. The van der Waals surface area contributed by atoms with Gasteiger partial charge in [-0.1, -0.05) is 77.1 Å². The van der Waals surface area contributed by atoms with Crippen molar-refractivity contribution < 1.29 is 27.5 Å². The standard InChI is InChI=1S/C35H48FN5O5S.2ClH/c1-24(2)22-41(47(45,46)29-16-14-28(37)15-17-29)23-31(42)30(19-25-10-7-6-8-11-25)39-34(44)33(35(3,4)5)40-32(43)21-38-20-26-12-9-13-27(36)18-26;;/h6-18,24,30-31,33,38,42H,19-23,37H2,1-5H3,(H,39,44)(H,40,43);2*1H/t30-,31+,33+;;/m0../s1. The first-order chi connectivity index (χ1) is 22.1. The van der Waals surface area contributed by atoms with Crippen LogP contribution in [0.2, 0.25) is 0 Å². The summed E-state index contributed by atoms with van der Waals surface area (Å²) in [6.07, 6.45) is -1.09. The molecular weight excluding hydrogens is 692 g/mol. The fourth-order valence-electron chi connectivity index (χ4n) is 5.07. The minimum Gasteiger partial charge on any atom is -0.399 e. The minimum absolute atomic E-state index is 0. The first-order valence-corrected chi connectivity index (χ1v) is 17.1. The van der Waals surface area contributed by atoms with E-state index in [0.717, 1.165) is 5.56 Å². The average molecular weight is 743 g/mol. The number of nitrogen functional groups attached to an aromatic ring is 1. The van der Waals surface area contributed by atoms with Crippen molar-refractivity contribution in [2.75, 3.05) is 25.4 Å². The molecule has 0 heterocycles. The molecule has 0 radical (unpaired) electrons. The molecule has 10 nitrogen and oxygen atoms in total. The molecule has 0 saturated heterocycles. The molecule has 3 aromatic carbocycles. The molecule has 0 aliphatic carbocycles. The molecule has 0 aliphatic heterocycles. The number of aliphatic hydroxyl groups excluding tert-OH is 1. The molecule has 272 valence electrons. The zero-order chi connectivity index (χ0) is 34.8. The van der Waals surface area contributed by atoms with E-state index in [2.05, 4.69) is 16.0 Å². The Labute approximate surface area is 302 Å². The molecular formula is C35H50Cl2FN5O5S.